The van der Waals surface area contributed by atoms with Gasteiger partial charge in [0.2, 0.25) is 0 Å². The van der Waals surface area contributed by atoms with Crippen LogP contribution in [0.5, 0.6) is 11.5 Å². The molecule has 0 amide bonds. The van der Waals surface area contributed by atoms with Crippen molar-refractivity contribution in [3.05, 3.63) is 149 Å². The average Bonchev–Trinajstić information content (AvgIpc) is 3.10. The lowest BCUT2D eigenvalue weighted by Gasteiger charge is -2.18. The van der Waals surface area contributed by atoms with E-state index in [4.69, 9.17) is 14.6 Å². The van der Waals surface area contributed by atoms with Crippen molar-refractivity contribution < 1.29 is 29.0 Å². The van der Waals surface area contributed by atoms with Gasteiger partial charge in [-0.3, -0.25) is 9.59 Å². The summed E-state index contributed by atoms with van der Waals surface area (Å²) in [5.41, 5.74) is 10.3. The van der Waals surface area contributed by atoms with Gasteiger partial charge in [0, 0.05) is 11.1 Å². The summed E-state index contributed by atoms with van der Waals surface area (Å²) < 4.78 is 11.7. The van der Waals surface area contributed by atoms with Gasteiger partial charge in [-0.05, 0) is 108 Å². The molecule has 242 valence electrons. The number of carbonyl (C=O) groups is 3. The second-order valence-corrected chi connectivity index (χ2v) is 11.7. The Morgan fingerprint density at radius 3 is 1.54 bits per heavy atom. The number of benzene rings is 5. The van der Waals surface area contributed by atoms with E-state index in [2.05, 4.69) is 55.5 Å². The quantitative estimate of drug-likeness (QED) is 0.129. The Balaban J connectivity index is 1.51. The van der Waals surface area contributed by atoms with Gasteiger partial charge in [0.1, 0.15) is 18.1 Å². The van der Waals surface area contributed by atoms with Crippen LogP contribution in [0.25, 0.3) is 27.8 Å². The minimum absolute atomic E-state index is 0.0281. The summed E-state index contributed by atoms with van der Waals surface area (Å²) in [6, 6.07) is 37.3. The number of carboxylic acid groups (broad SMARTS) is 1. The molecule has 48 heavy (non-hydrogen) atoms. The molecule has 0 aliphatic carbocycles. The van der Waals surface area contributed by atoms with Crippen LogP contribution in [-0.4, -0.2) is 35.9 Å². The van der Waals surface area contributed by atoms with E-state index < -0.39 is 12.6 Å². The molecular weight excluding hydrogens is 600 g/mol. The van der Waals surface area contributed by atoms with E-state index in [1.165, 1.54) is 0 Å². The maximum Gasteiger partial charge on any atom is 0.341 e. The Bertz CT molecular complexity index is 1880. The monoisotopic (exact) mass is 638 g/mol. The van der Waals surface area contributed by atoms with Gasteiger partial charge >= 0.3 is 5.97 Å². The topological polar surface area (TPSA) is 89.9 Å². The van der Waals surface area contributed by atoms with Gasteiger partial charge in [0.15, 0.2) is 18.2 Å². The first-order valence-electron chi connectivity index (χ1n) is 15.9. The number of Topliss-reactive ketones (excluding diaryl/α,β-unsaturated/α-hetero) is 2. The third-order valence-corrected chi connectivity index (χ3v) is 8.24. The minimum atomic E-state index is -1.03. The van der Waals surface area contributed by atoms with Crippen molar-refractivity contribution in [2.24, 2.45) is 0 Å². The van der Waals surface area contributed by atoms with Crippen LogP contribution >= 0.6 is 0 Å². The first kappa shape index (κ1) is 33.6. The third-order valence-electron chi connectivity index (χ3n) is 8.24. The number of hydrogen-bond donors (Lipinski definition) is 1. The number of aryl methyl sites for hydroxylation is 1. The van der Waals surface area contributed by atoms with Crippen molar-refractivity contribution in [2.45, 2.75) is 34.1 Å². The van der Waals surface area contributed by atoms with E-state index >= 15 is 0 Å². The van der Waals surface area contributed by atoms with Crippen LogP contribution in [0.3, 0.4) is 0 Å². The predicted molar refractivity (Wildman–Crippen MR) is 190 cm³/mol. The van der Waals surface area contributed by atoms with Crippen molar-refractivity contribution in [3.63, 3.8) is 0 Å². The van der Waals surface area contributed by atoms with Gasteiger partial charge in [-0.15, -0.1) is 0 Å². The Hall–Kier alpha value is -5.75. The van der Waals surface area contributed by atoms with Crippen molar-refractivity contribution in [1.82, 2.24) is 0 Å². The highest BCUT2D eigenvalue weighted by atomic mass is 16.5. The number of carbonyl (C=O) groups excluding carboxylic acids is 2. The summed E-state index contributed by atoms with van der Waals surface area (Å²) in [5, 5.41) is 8.96. The van der Waals surface area contributed by atoms with Crippen LogP contribution in [0.1, 0.15) is 64.6 Å². The van der Waals surface area contributed by atoms with Crippen molar-refractivity contribution in [2.75, 3.05) is 13.2 Å². The number of ketones is 2. The normalized spacial score (nSPS) is 10.7. The average molecular weight is 639 g/mol. The van der Waals surface area contributed by atoms with Gasteiger partial charge in [0.05, 0.1) is 0 Å². The van der Waals surface area contributed by atoms with E-state index in [-0.39, 0.29) is 11.6 Å². The molecular formula is C42H38O6. The first-order chi connectivity index (χ1) is 23.1. The zero-order valence-corrected chi connectivity index (χ0v) is 27.6. The highest BCUT2D eigenvalue weighted by molar-refractivity contribution is 5.96. The standard InChI is InChI=1S/C42H38O6/c1-5-30(25-47-39-20-21-40(27(2)22-39)48-26-41(45)46)42(33-16-12-31(13-17-33)37-10-6-8-35(23-37)28(3)43)34-18-14-32(15-19-34)38-11-7-9-36(24-38)29(4)44/h6-24H,5,25-26H2,1-4H3,(H,45,46). The maximum atomic E-state index is 12.0. The number of rotatable bonds is 13. The fraction of sp³-hybridized carbons (Fsp3) is 0.167. The Morgan fingerprint density at radius 1 is 0.583 bits per heavy atom. The molecule has 0 atom stereocenters. The predicted octanol–water partition coefficient (Wildman–Crippen LogP) is 9.49. The molecule has 0 unspecified atom stereocenters. The van der Waals surface area contributed by atoms with Gasteiger partial charge in [0.25, 0.3) is 0 Å². The number of aliphatic carboxylic acids is 1. The Morgan fingerprint density at radius 2 is 1.10 bits per heavy atom. The van der Waals surface area contributed by atoms with E-state index in [0.29, 0.717) is 29.2 Å². The van der Waals surface area contributed by atoms with Gasteiger partial charge in [-0.2, -0.15) is 0 Å². The molecule has 6 heteroatoms. The van der Waals surface area contributed by atoms with Gasteiger partial charge < -0.3 is 14.6 Å². The van der Waals surface area contributed by atoms with Gasteiger partial charge in [-0.25, -0.2) is 4.79 Å². The zero-order valence-electron chi connectivity index (χ0n) is 27.6. The number of hydrogen-bond acceptors (Lipinski definition) is 5. The van der Waals surface area contributed by atoms with Crippen LogP contribution in [0.2, 0.25) is 0 Å². The second kappa shape index (κ2) is 15.2. The Labute approximate surface area is 281 Å². The fourth-order valence-electron chi connectivity index (χ4n) is 5.60. The summed E-state index contributed by atoms with van der Waals surface area (Å²) in [6.45, 7) is 7.04. The fourth-order valence-corrected chi connectivity index (χ4v) is 5.60. The molecule has 5 aromatic rings. The molecule has 0 bridgehead atoms. The van der Waals surface area contributed by atoms with Crippen LogP contribution in [-0.2, 0) is 4.79 Å². The molecule has 0 fully saturated rings. The Kier molecular flexibility index (Phi) is 10.7. The lowest BCUT2D eigenvalue weighted by atomic mass is 9.89. The molecule has 0 aromatic heterocycles. The SMILES string of the molecule is CCC(COc1ccc(OCC(=O)O)c(C)c1)=C(c1ccc(-c2cccc(C(C)=O)c2)cc1)c1ccc(-c2cccc(C(C)=O)c2)cc1. The largest absolute Gasteiger partial charge is 0.489 e. The number of ether oxygens (including phenoxy) is 2. The van der Waals surface area contributed by atoms with Crippen molar-refractivity contribution in [3.8, 4) is 33.8 Å². The summed E-state index contributed by atoms with van der Waals surface area (Å²) in [4.78, 5) is 34.9. The minimum Gasteiger partial charge on any atom is -0.489 e. The molecule has 5 rings (SSSR count). The van der Waals surface area contributed by atoms with E-state index in [0.717, 1.165) is 56.5 Å². The molecule has 5 aromatic carbocycles. The van der Waals surface area contributed by atoms with E-state index in [9.17, 15) is 14.4 Å². The molecule has 0 heterocycles. The summed E-state index contributed by atoms with van der Waals surface area (Å²) in [6.07, 6.45) is 0.735. The number of carboxylic acids is 1. The summed E-state index contributed by atoms with van der Waals surface area (Å²) >= 11 is 0. The molecule has 0 aliphatic heterocycles. The summed E-state index contributed by atoms with van der Waals surface area (Å²) in [5.74, 6) is 0.178. The van der Waals surface area contributed by atoms with Crippen LogP contribution < -0.4 is 9.47 Å². The third kappa shape index (κ3) is 8.15. The van der Waals surface area contributed by atoms with E-state index in [1.807, 2.05) is 61.5 Å². The summed E-state index contributed by atoms with van der Waals surface area (Å²) in [7, 11) is 0. The zero-order chi connectivity index (χ0) is 34.2. The van der Waals surface area contributed by atoms with Crippen molar-refractivity contribution >= 4 is 23.1 Å². The second-order valence-electron chi connectivity index (χ2n) is 11.7. The molecule has 6 nitrogen and oxygen atoms in total. The maximum absolute atomic E-state index is 12.0. The lowest BCUT2D eigenvalue weighted by molar-refractivity contribution is -0.139. The van der Waals surface area contributed by atoms with Crippen molar-refractivity contribution in [1.29, 1.82) is 0 Å². The lowest BCUT2D eigenvalue weighted by Crippen LogP contribution is -2.10. The molecule has 0 saturated carbocycles. The van der Waals surface area contributed by atoms with E-state index in [1.54, 1.807) is 26.0 Å². The molecule has 0 saturated heterocycles. The van der Waals surface area contributed by atoms with Crippen LogP contribution in [0.15, 0.2) is 121 Å². The molecule has 0 radical (unpaired) electrons. The highest BCUT2D eigenvalue weighted by Crippen LogP contribution is 2.33. The van der Waals surface area contributed by atoms with Gasteiger partial charge in [-0.1, -0.05) is 91.9 Å². The smallest absolute Gasteiger partial charge is 0.341 e. The highest BCUT2D eigenvalue weighted by Gasteiger charge is 2.15. The molecule has 0 aliphatic rings. The first-order valence-corrected chi connectivity index (χ1v) is 15.9. The molecule has 1 N–H and O–H groups in total. The molecule has 0 spiro atoms. The van der Waals surface area contributed by atoms with Crippen LogP contribution in [0.4, 0.5) is 0 Å². The van der Waals surface area contributed by atoms with Crippen LogP contribution in [0, 0.1) is 6.92 Å².